The topological polar surface area (TPSA) is 66.9 Å². The summed E-state index contributed by atoms with van der Waals surface area (Å²) in [4.78, 5) is 11.7. The molecule has 0 unspecified atom stereocenters. The van der Waals surface area contributed by atoms with Crippen LogP contribution >= 0.6 is 11.6 Å². The van der Waals surface area contributed by atoms with Crippen molar-refractivity contribution in [2.75, 3.05) is 10.6 Å². The Morgan fingerprint density at radius 1 is 1.18 bits per heavy atom. The van der Waals surface area contributed by atoms with E-state index in [0.29, 0.717) is 29.0 Å². The summed E-state index contributed by atoms with van der Waals surface area (Å²) in [6, 6.07) is 9.07. The third-order valence-electron chi connectivity index (χ3n) is 2.99. The van der Waals surface area contributed by atoms with Crippen LogP contribution in [0.3, 0.4) is 0 Å². The molecule has 0 saturated carbocycles. The number of rotatable bonds is 5. The zero-order valence-electron chi connectivity index (χ0n) is 12.9. The van der Waals surface area contributed by atoms with Crippen LogP contribution in [0.1, 0.15) is 25.8 Å². The first kappa shape index (κ1) is 16.2. The van der Waals surface area contributed by atoms with Gasteiger partial charge >= 0.3 is 0 Å². The number of hydrogen-bond donors (Lipinski definition) is 2. The lowest BCUT2D eigenvalue weighted by Gasteiger charge is -2.10. The van der Waals surface area contributed by atoms with Crippen LogP contribution in [0.5, 0.6) is 0 Å². The Kier molecular flexibility index (Phi) is 5.33. The van der Waals surface area contributed by atoms with Crippen LogP contribution in [0, 0.1) is 12.8 Å². The molecule has 1 heterocycles. The Morgan fingerprint density at radius 2 is 1.86 bits per heavy atom. The molecule has 2 N–H and O–H groups in total. The van der Waals surface area contributed by atoms with Gasteiger partial charge in [-0.2, -0.15) is 0 Å². The van der Waals surface area contributed by atoms with E-state index in [1.54, 1.807) is 12.1 Å². The highest BCUT2D eigenvalue weighted by Crippen LogP contribution is 2.23. The lowest BCUT2D eigenvalue weighted by atomic mass is 10.1. The van der Waals surface area contributed by atoms with Crippen molar-refractivity contribution >= 4 is 34.8 Å². The normalized spacial score (nSPS) is 10.6. The quantitative estimate of drug-likeness (QED) is 0.868. The van der Waals surface area contributed by atoms with Gasteiger partial charge in [0.2, 0.25) is 5.91 Å². The summed E-state index contributed by atoms with van der Waals surface area (Å²) in [5, 5.41) is 14.6. The molecule has 0 radical (unpaired) electrons. The summed E-state index contributed by atoms with van der Waals surface area (Å²) in [5.41, 5.74) is 1.93. The summed E-state index contributed by atoms with van der Waals surface area (Å²) in [6.45, 7) is 5.96. The molecule has 0 atom stereocenters. The minimum absolute atomic E-state index is 0.0595. The summed E-state index contributed by atoms with van der Waals surface area (Å²) < 4.78 is 0. The Hall–Kier alpha value is -2.14. The molecule has 0 aliphatic heterocycles. The smallest absolute Gasteiger partial charge is 0.225 e. The molecule has 1 aromatic carbocycles. The van der Waals surface area contributed by atoms with Gasteiger partial charge in [0.05, 0.1) is 0 Å². The van der Waals surface area contributed by atoms with Gasteiger partial charge in [0.25, 0.3) is 0 Å². The Balaban J connectivity index is 2.03. The minimum atomic E-state index is -0.0595. The molecule has 1 aromatic heterocycles. The number of amides is 1. The fourth-order valence-electron chi connectivity index (χ4n) is 1.90. The van der Waals surface area contributed by atoms with E-state index in [1.807, 2.05) is 39.0 Å². The predicted octanol–water partition coefficient (Wildman–Crippen LogP) is 4.17. The average Bonchev–Trinajstić information content (AvgIpc) is 2.44. The molecule has 116 valence electrons. The highest BCUT2D eigenvalue weighted by Gasteiger charge is 2.07. The van der Waals surface area contributed by atoms with Crippen molar-refractivity contribution in [3.63, 3.8) is 0 Å². The van der Waals surface area contributed by atoms with E-state index in [-0.39, 0.29) is 5.91 Å². The second-order valence-corrected chi connectivity index (χ2v) is 5.97. The van der Waals surface area contributed by atoms with Crippen LogP contribution in [0.4, 0.5) is 17.3 Å². The summed E-state index contributed by atoms with van der Waals surface area (Å²) in [7, 11) is 0. The van der Waals surface area contributed by atoms with E-state index in [0.717, 1.165) is 11.3 Å². The third kappa shape index (κ3) is 4.70. The van der Waals surface area contributed by atoms with Gasteiger partial charge in [-0.3, -0.25) is 4.79 Å². The first-order valence-electron chi connectivity index (χ1n) is 7.11. The molecule has 0 fully saturated rings. The van der Waals surface area contributed by atoms with Crippen LogP contribution in [0.15, 0.2) is 30.3 Å². The van der Waals surface area contributed by atoms with E-state index in [9.17, 15) is 4.79 Å². The van der Waals surface area contributed by atoms with Gasteiger partial charge in [0, 0.05) is 17.1 Å². The predicted molar refractivity (Wildman–Crippen MR) is 89.6 cm³/mol. The maximum atomic E-state index is 11.7. The molecule has 2 rings (SSSR count). The molecule has 2 aromatic rings. The standard InChI is InChI=1S/C16H19ClN4O/c1-10(2)8-16(22)19-15-7-6-14(20-21-15)18-13-9-12(17)5-4-11(13)3/h4-7,9-10H,8H2,1-3H3,(H,18,20)(H,19,21,22). The molecular weight excluding hydrogens is 300 g/mol. The number of nitrogens with one attached hydrogen (secondary N) is 2. The van der Waals surface area contributed by atoms with Gasteiger partial charge in [-0.05, 0) is 42.7 Å². The Bertz CT molecular complexity index is 656. The largest absolute Gasteiger partial charge is 0.338 e. The fourth-order valence-corrected chi connectivity index (χ4v) is 2.07. The maximum Gasteiger partial charge on any atom is 0.225 e. The molecule has 5 nitrogen and oxygen atoms in total. The number of carbonyl (C=O) groups excluding carboxylic acids is 1. The highest BCUT2D eigenvalue weighted by atomic mass is 35.5. The first-order valence-corrected chi connectivity index (χ1v) is 7.48. The molecule has 1 amide bonds. The molecule has 6 heteroatoms. The fraction of sp³-hybridized carbons (Fsp3) is 0.312. The molecule has 0 saturated heterocycles. The lowest BCUT2D eigenvalue weighted by molar-refractivity contribution is -0.116. The van der Waals surface area contributed by atoms with Crippen molar-refractivity contribution in [2.45, 2.75) is 27.2 Å². The minimum Gasteiger partial charge on any atom is -0.338 e. The van der Waals surface area contributed by atoms with Gasteiger partial charge in [-0.15, -0.1) is 10.2 Å². The summed E-state index contributed by atoms with van der Waals surface area (Å²) in [5.74, 6) is 1.28. The van der Waals surface area contributed by atoms with E-state index >= 15 is 0 Å². The molecule has 0 spiro atoms. The van der Waals surface area contributed by atoms with Gasteiger partial charge in [-0.1, -0.05) is 31.5 Å². The Morgan fingerprint density at radius 3 is 2.50 bits per heavy atom. The van der Waals surface area contributed by atoms with Gasteiger partial charge in [0.15, 0.2) is 11.6 Å². The Labute approximate surface area is 135 Å². The van der Waals surface area contributed by atoms with Gasteiger partial charge in [0.1, 0.15) is 0 Å². The van der Waals surface area contributed by atoms with Gasteiger partial charge < -0.3 is 10.6 Å². The van der Waals surface area contributed by atoms with Crippen LogP contribution in [-0.4, -0.2) is 16.1 Å². The van der Waals surface area contributed by atoms with E-state index in [2.05, 4.69) is 20.8 Å². The van der Waals surface area contributed by atoms with Crippen molar-refractivity contribution in [2.24, 2.45) is 5.92 Å². The number of hydrogen-bond acceptors (Lipinski definition) is 4. The van der Waals surface area contributed by atoms with E-state index in [4.69, 9.17) is 11.6 Å². The van der Waals surface area contributed by atoms with Crippen LogP contribution in [-0.2, 0) is 4.79 Å². The first-order chi connectivity index (χ1) is 10.4. The maximum absolute atomic E-state index is 11.7. The van der Waals surface area contributed by atoms with E-state index < -0.39 is 0 Å². The van der Waals surface area contributed by atoms with Crippen molar-refractivity contribution in [1.82, 2.24) is 10.2 Å². The number of aryl methyl sites for hydroxylation is 1. The van der Waals surface area contributed by atoms with Crippen molar-refractivity contribution < 1.29 is 4.79 Å². The molecule has 0 bridgehead atoms. The summed E-state index contributed by atoms with van der Waals surface area (Å²) >= 11 is 5.98. The van der Waals surface area contributed by atoms with Crippen molar-refractivity contribution in [3.05, 3.63) is 40.9 Å². The van der Waals surface area contributed by atoms with E-state index in [1.165, 1.54) is 0 Å². The third-order valence-corrected chi connectivity index (χ3v) is 3.22. The van der Waals surface area contributed by atoms with Crippen molar-refractivity contribution in [3.8, 4) is 0 Å². The molecular formula is C16H19ClN4O. The second-order valence-electron chi connectivity index (χ2n) is 5.53. The second kappa shape index (κ2) is 7.22. The van der Waals surface area contributed by atoms with Crippen LogP contribution in [0.2, 0.25) is 5.02 Å². The summed E-state index contributed by atoms with van der Waals surface area (Å²) in [6.07, 6.45) is 0.462. The molecule has 0 aliphatic carbocycles. The van der Waals surface area contributed by atoms with Crippen LogP contribution < -0.4 is 10.6 Å². The van der Waals surface area contributed by atoms with Gasteiger partial charge in [-0.25, -0.2) is 0 Å². The monoisotopic (exact) mass is 318 g/mol. The zero-order valence-corrected chi connectivity index (χ0v) is 13.6. The SMILES string of the molecule is Cc1ccc(Cl)cc1Nc1ccc(NC(=O)CC(C)C)nn1. The number of aromatic nitrogens is 2. The number of anilines is 3. The average molecular weight is 319 g/mol. The lowest BCUT2D eigenvalue weighted by Crippen LogP contribution is -2.15. The molecule has 0 aliphatic rings. The van der Waals surface area contributed by atoms with Crippen molar-refractivity contribution in [1.29, 1.82) is 0 Å². The highest BCUT2D eigenvalue weighted by molar-refractivity contribution is 6.30. The molecule has 22 heavy (non-hydrogen) atoms. The number of benzene rings is 1. The number of halogens is 1. The zero-order chi connectivity index (χ0) is 16.1. The van der Waals surface area contributed by atoms with Crippen LogP contribution in [0.25, 0.3) is 0 Å². The number of carbonyl (C=O) groups is 1. The number of nitrogens with zero attached hydrogens (tertiary/aromatic N) is 2.